The molecule has 114 valence electrons. The van der Waals surface area contributed by atoms with Crippen molar-refractivity contribution in [2.45, 2.75) is 32.7 Å². The van der Waals surface area contributed by atoms with E-state index in [2.05, 4.69) is 11.4 Å². The molecule has 0 bridgehead atoms. The second-order valence-corrected chi connectivity index (χ2v) is 4.77. The average Bonchev–Trinajstić information content (AvgIpc) is 2.52. The number of carbonyl (C=O) groups is 1. The van der Waals surface area contributed by atoms with Gasteiger partial charge in [-0.2, -0.15) is 5.26 Å². The Bertz CT molecular complexity index is 456. The third-order valence-electron chi connectivity index (χ3n) is 3.25. The summed E-state index contributed by atoms with van der Waals surface area (Å²) in [6.07, 6.45) is 0.805. The van der Waals surface area contributed by atoms with E-state index in [-0.39, 0.29) is 12.1 Å². The van der Waals surface area contributed by atoms with Gasteiger partial charge in [-0.15, -0.1) is 0 Å². The van der Waals surface area contributed by atoms with Crippen molar-refractivity contribution >= 4 is 11.8 Å². The van der Waals surface area contributed by atoms with Crippen LogP contribution in [0.3, 0.4) is 0 Å². The van der Waals surface area contributed by atoms with Crippen LogP contribution in [0, 0.1) is 11.3 Å². The lowest BCUT2D eigenvalue weighted by molar-refractivity contribution is 0.0921. The molecule has 21 heavy (non-hydrogen) atoms. The molecule has 0 aliphatic rings. The normalized spacial score (nSPS) is 11.3. The topological polar surface area (TPSA) is 65.4 Å². The summed E-state index contributed by atoms with van der Waals surface area (Å²) in [6, 6.07) is 11.9. The molecular formula is C16H23N3O2. The van der Waals surface area contributed by atoms with Crippen LogP contribution in [0.5, 0.6) is 0 Å². The van der Waals surface area contributed by atoms with Gasteiger partial charge in [0.1, 0.15) is 6.61 Å². The van der Waals surface area contributed by atoms with E-state index in [4.69, 9.17) is 10.00 Å². The summed E-state index contributed by atoms with van der Waals surface area (Å²) in [6.45, 7) is 5.24. The molecule has 1 unspecified atom stereocenters. The maximum Gasteiger partial charge on any atom is 0.410 e. The predicted molar refractivity (Wildman–Crippen MR) is 83.0 cm³/mol. The Kier molecular flexibility index (Phi) is 7.73. The summed E-state index contributed by atoms with van der Waals surface area (Å²) in [5, 5.41) is 11.8. The summed E-state index contributed by atoms with van der Waals surface area (Å²) in [4.78, 5) is 13.6. The number of nitriles is 1. The Hall–Kier alpha value is -2.22. The first-order valence-electron chi connectivity index (χ1n) is 7.28. The standard InChI is InChI=1S/C16H23N3O2/c1-3-14(2)19(12-7-10-17)16(20)21-13-11-18-15-8-5-4-6-9-15/h4-6,8-9,14,18H,3,7,11-13H2,1-2H3. The van der Waals surface area contributed by atoms with Crippen LogP contribution in [0.4, 0.5) is 10.5 Å². The number of nitrogens with zero attached hydrogens (tertiary/aromatic N) is 2. The molecule has 0 saturated heterocycles. The minimum Gasteiger partial charge on any atom is -0.448 e. The number of ether oxygens (including phenoxy) is 1. The van der Waals surface area contributed by atoms with Crippen molar-refractivity contribution in [2.75, 3.05) is 25.0 Å². The van der Waals surface area contributed by atoms with Crippen LogP contribution in [-0.4, -0.2) is 36.7 Å². The van der Waals surface area contributed by atoms with Crippen molar-refractivity contribution in [3.63, 3.8) is 0 Å². The van der Waals surface area contributed by atoms with Crippen molar-refractivity contribution in [2.24, 2.45) is 0 Å². The number of anilines is 1. The van der Waals surface area contributed by atoms with Crippen molar-refractivity contribution in [1.29, 1.82) is 5.26 Å². The molecule has 1 amide bonds. The highest BCUT2D eigenvalue weighted by Gasteiger charge is 2.19. The lowest BCUT2D eigenvalue weighted by Crippen LogP contribution is -2.39. The van der Waals surface area contributed by atoms with Gasteiger partial charge in [0.15, 0.2) is 0 Å². The molecule has 0 aliphatic heterocycles. The molecule has 0 heterocycles. The van der Waals surface area contributed by atoms with Crippen LogP contribution >= 0.6 is 0 Å². The molecule has 0 fully saturated rings. The van der Waals surface area contributed by atoms with E-state index in [0.29, 0.717) is 26.1 Å². The summed E-state index contributed by atoms with van der Waals surface area (Å²) in [7, 11) is 0. The van der Waals surface area contributed by atoms with Gasteiger partial charge < -0.3 is 15.0 Å². The Balaban J connectivity index is 2.34. The van der Waals surface area contributed by atoms with Crippen LogP contribution in [0.1, 0.15) is 26.7 Å². The molecular weight excluding hydrogens is 266 g/mol. The number of amides is 1. The van der Waals surface area contributed by atoms with Gasteiger partial charge in [0, 0.05) is 24.8 Å². The van der Waals surface area contributed by atoms with Crippen molar-refractivity contribution in [3.05, 3.63) is 30.3 Å². The summed E-state index contributed by atoms with van der Waals surface area (Å²) in [5.74, 6) is 0. The van der Waals surface area contributed by atoms with Crippen LogP contribution in [0.25, 0.3) is 0 Å². The van der Waals surface area contributed by atoms with E-state index < -0.39 is 0 Å². The zero-order valence-corrected chi connectivity index (χ0v) is 12.7. The number of para-hydroxylation sites is 1. The Morgan fingerprint density at radius 1 is 1.43 bits per heavy atom. The first-order valence-corrected chi connectivity index (χ1v) is 7.28. The van der Waals surface area contributed by atoms with Crippen molar-refractivity contribution < 1.29 is 9.53 Å². The van der Waals surface area contributed by atoms with Gasteiger partial charge in [0.2, 0.25) is 0 Å². The number of nitrogens with one attached hydrogen (secondary N) is 1. The molecule has 0 aliphatic carbocycles. The number of benzene rings is 1. The third-order valence-corrected chi connectivity index (χ3v) is 3.25. The Morgan fingerprint density at radius 2 is 2.14 bits per heavy atom. The molecule has 1 atom stereocenters. The monoisotopic (exact) mass is 289 g/mol. The van der Waals surface area contributed by atoms with E-state index in [1.54, 1.807) is 4.90 Å². The highest BCUT2D eigenvalue weighted by atomic mass is 16.6. The summed E-state index contributed by atoms with van der Waals surface area (Å²) < 4.78 is 5.26. The van der Waals surface area contributed by atoms with Crippen molar-refractivity contribution in [3.8, 4) is 6.07 Å². The van der Waals surface area contributed by atoms with Crippen LogP contribution in [0.2, 0.25) is 0 Å². The number of hydrogen-bond donors (Lipinski definition) is 1. The third kappa shape index (κ3) is 6.17. The summed E-state index contributed by atoms with van der Waals surface area (Å²) >= 11 is 0. The molecule has 0 saturated carbocycles. The second kappa shape index (κ2) is 9.65. The van der Waals surface area contributed by atoms with Gasteiger partial charge in [0.25, 0.3) is 0 Å². The number of rotatable bonds is 8. The largest absolute Gasteiger partial charge is 0.448 e. The summed E-state index contributed by atoms with van der Waals surface area (Å²) in [5.41, 5.74) is 0.997. The minimum absolute atomic E-state index is 0.0768. The first kappa shape index (κ1) is 16.8. The zero-order chi connectivity index (χ0) is 15.5. The van der Waals surface area contributed by atoms with E-state index in [0.717, 1.165) is 12.1 Å². The molecule has 1 rings (SSSR count). The molecule has 0 radical (unpaired) electrons. The van der Waals surface area contributed by atoms with E-state index in [1.165, 1.54) is 0 Å². The second-order valence-electron chi connectivity index (χ2n) is 4.77. The van der Waals surface area contributed by atoms with Gasteiger partial charge >= 0.3 is 6.09 Å². The molecule has 1 aromatic rings. The fourth-order valence-electron chi connectivity index (χ4n) is 1.86. The Labute approximate surface area is 126 Å². The number of hydrogen-bond acceptors (Lipinski definition) is 4. The van der Waals surface area contributed by atoms with Gasteiger partial charge in [-0.05, 0) is 25.5 Å². The smallest absolute Gasteiger partial charge is 0.410 e. The molecule has 1 N–H and O–H groups in total. The Morgan fingerprint density at radius 3 is 2.76 bits per heavy atom. The van der Waals surface area contributed by atoms with Gasteiger partial charge in [-0.3, -0.25) is 0 Å². The number of carbonyl (C=O) groups excluding carboxylic acids is 1. The average molecular weight is 289 g/mol. The van der Waals surface area contributed by atoms with E-state index in [1.807, 2.05) is 44.2 Å². The maximum atomic E-state index is 12.0. The quantitative estimate of drug-likeness (QED) is 0.746. The van der Waals surface area contributed by atoms with Gasteiger partial charge in [0.05, 0.1) is 12.5 Å². The highest BCUT2D eigenvalue weighted by Crippen LogP contribution is 2.07. The molecule has 0 aromatic heterocycles. The van der Waals surface area contributed by atoms with E-state index >= 15 is 0 Å². The molecule has 5 nitrogen and oxygen atoms in total. The predicted octanol–water partition coefficient (Wildman–Crippen LogP) is 3.25. The van der Waals surface area contributed by atoms with Crippen LogP contribution in [0.15, 0.2) is 30.3 Å². The van der Waals surface area contributed by atoms with Gasteiger partial charge in [-0.25, -0.2) is 4.79 Å². The fourth-order valence-corrected chi connectivity index (χ4v) is 1.86. The zero-order valence-electron chi connectivity index (χ0n) is 12.7. The molecule has 0 spiro atoms. The first-order chi connectivity index (χ1) is 10.2. The molecule has 5 heteroatoms. The lowest BCUT2D eigenvalue weighted by Gasteiger charge is -2.26. The minimum atomic E-state index is -0.352. The lowest BCUT2D eigenvalue weighted by atomic mass is 10.2. The van der Waals surface area contributed by atoms with Gasteiger partial charge in [-0.1, -0.05) is 25.1 Å². The SMILES string of the molecule is CCC(C)N(CCC#N)C(=O)OCCNc1ccccc1. The highest BCUT2D eigenvalue weighted by molar-refractivity contribution is 5.68. The van der Waals surface area contributed by atoms with E-state index in [9.17, 15) is 4.79 Å². The van der Waals surface area contributed by atoms with Crippen molar-refractivity contribution in [1.82, 2.24) is 4.90 Å². The maximum absolute atomic E-state index is 12.0. The van der Waals surface area contributed by atoms with Crippen LogP contribution in [-0.2, 0) is 4.74 Å². The fraction of sp³-hybridized carbons (Fsp3) is 0.500. The molecule has 1 aromatic carbocycles. The van der Waals surface area contributed by atoms with Crippen LogP contribution < -0.4 is 5.32 Å².